The van der Waals surface area contributed by atoms with E-state index in [1.165, 1.54) is 6.07 Å². The van der Waals surface area contributed by atoms with Gasteiger partial charge in [-0.1, -0.05) is 23.7 Å². The summed E-state index contributed by atoms with van der Waals surface area (Å²) in [7, 11) is 0. The van der Waals surface area contributed by atoms with Crippen molar-refractivity contribution in [1.29, 1.82) is 5.26 Å². The fraction of sp³-hybridized carbons (Fsp3) is 0.278. The Balaban J connectivity index is 1.66. The monoisotopic (exact) mass is 356 g/mol. The molecule has 7 heteroatoms. The second kappa shape index (κ2) is 7.51. The molecule has 0 radical (unpaired) electrons. The summed E-state index contributed by atoms with van der Waals surface area (Å²) in [5, 5.41) is 20.6. The third-order valence-corrected chi connectivity index (χ3v) is 4.54. The van der Waals surface area contributed by atoms with Crippen molar-refractivity contribution in [1.82, 2.24) is 4.90 Å². The highest BCUT2D eigenvalue weighted by atomic mass is 35.5. The van der Waals surface area contributed by atoms with E-state index < -0.39 is 0 Å². The third kappa shape index (κ3) is 4.08. The topological polar surface area (TPSA) is 73.4 Å². The van der Waals surface area contributed by atoms with Gasteiger partial charge in [0.2, 0.25) is 0 Å². The Labute approximate surface area is 151 Å². The number of nitro benzene ring substituents is 1. The average Bonchev–Trinajstić information content (AvgIpc) is 2.62. The summed E-state index contributed by atoms with van der Waals surface area (Å²) < 4.78 is 0. The van der Waals surface area contributed by atoms with Crippen LogP contribution in [0.1, 0.15) is 11.1 Å². The molecule has 0 aliphatic carbocycles. The number of benzene rings is 2. The summed E-state index contributed by atoms with van der Waals surface area (Å²) in [6.45, 7) is 3.79. The van der Waals surface area contributed by atoms with E-state index >= 15 is 0 Å². The van der Waals surface area contributed by atoms with Gasteiger partial charge in [-0.05, 0) is 29.8 Å². The lowest BCUT2D eigenvalue weighted by Crippen LogP contribution is -2.46. The number of hydrogen-bond acceptors (Lipinski definition) is 5. The standard InChI is InChI=1S/C18H17ClN4O2/c19-16-4-5-17(18(11-16)23(24)25)22-8-6-21(7-9-22)13-15-3-1-2-14(10-15)12-20/h1-5,10-11H,6-9,13H2. The van der Waals surface area contributed by atoms with Crippen molar-refractivity contribution in [3.8, 4) is 6.07 Å². The van der Waals surface area contributed by atoms with E-state index in [2.05, 4.69) is 11.0 Å². The second-order valence-corrected chi connectivity index (χ2v) is 6.40. The molecule has 0 saturated carbocycles. The molecule has 1 saturated heterocycles. The van der Waals surface area contributed by atoms with Gasteiger partial charge >= 0.3 is 0 Å². The van der Waals surface area contributed by atoms with Gasteiger partial charge in [0.25, 0.3) is 5.69 Å². The minimum atomic E-state index is -0.388. The highest BCUT2D eigenvalue weighted by molar-refractivity contribution is 6.30. The van der Waals surface area contributed by atoms with Gasteiger partial charge in [0.1, 0.15) is 5.69 Å². The Bertz CT molecular complexity index is 826. The van der Waals surface area contributed by atoms with E-state index in [4.69, 9.17) is 16.9 Å². The number of nitrogens with zero attached hydrogens (tertiary/aromatic N) is 4. The summed E-state index contributed by atoms with van der Waals surface area (Å²) in [4.78, 5) is 15.2. The second-order valence-electron chi connectivity index (χ2n) is 5.97. The molecule has 0 atom stereocenters. The third-order valence-electron chi connectivity index (χ3n) is 4.31. The number of piperazine rings is 1. The van der Waals surface area contributed by atoms with Crippen LogP contribution < -0.4 is 4.90 Å². The molecule has 1 fully saturated rings. The summed E-state index contributed by atoms with van der Waals surface area (Å²) in [5.74, 6) is 0. The Hall–Kier alpha value is -2.62. The van der Waals surface area contributed by atoms with Gasteiger partial charge in [0.15, 0.2) is 0 Å². The van der Waals surface area contributed by atoms with Gasteiger partial charge in [-0.3, -0.25) is 15.0 Å². The van der Waals surface area contributed by atoms with Gasteiger partial charge in [-0.25, -0.2) is 0 Å². The van der Waals surface area contributed by atoms with Crippen LogP contribution >= 0.6 is 11.6 Å². The van der Waals surface area contributed by atoms with Crippen LogP contribution in [-0.4, -0.2) is 36.0 Å². The summed E-state index contributed by atoms with van der Waals surface area (Å²) in [5.41, 5.74) is 2.42. The molecule has 25 heavy (non-hydrogen) atoms. The van der Waals surface area contributed by atoms with Crippen LogP contribution in [0, 0.1) is 21.4 Å². The van der Waals surface area contributed by atoms with Crippen molar-refractivity contribution < 1.29 is 4.92 Å². The summed E-state index contributed by atoms with van der Waals surface area (Å²) >= 11 is 5.88. The zero-order valence-corrected chi connectivity index (χ0v) is 14.3. The Kier molecular flexibility index (Phi) is 5.17. The maximum Gasteiger partial charge on any atom is 0.294 e. The van der Waals surface area contributed by atoms with E-state index in [0.29, 0.717) is 29.4 Å². The number of rotatable bonds is 4. The van der Waals surface area contributed by atoms with Crippen LogP contribution in [0.25, 0.3) is 0 Å². The highest BCUT2D eigenvalue weighted by Crippen LogP contribution is 2.31. The first-order valence-corrected chi connectivity index (χ1v) is 8.35. The van der Waals surface area contributed by atoms with Gasteiger partial charge < -0.3 is 4.90 Å². The molecule has 0 aromatic heterocycles. The molecule has 6 nitrogen and oxygen atoms in total. The van der Waals surface area contributed by atoms with Gasteiger partial charge in [0.05, 0.1) is 16.6 Å². The van der Waals surface area contributed by atoms with Crippen molar-refractivity contribution in [3.63, 3.8) is 0 Å². The number of anilines is 1. The van der Waals surface area contributed by atoms with Crippen molar-refractivity contribution in [2.75, 3.05) is 31.1 Å². The maximum absolute atomic E-state index is 11.3. The van der Waals surface area contributed by atoms with Crippen molar-refractivity contribution in [2.24, 2.45) is 0 Å². The fourth-order valence-electron chi connectivity index (χ4n) is 3.05. The first-order chi connectivity index (χ1) is 12.1. The first kappa shape index (κ1) is 17.2. The molecule has 1 heterocycles. The van der Waals surface area contributed by atoms with E-state index in [9.17, 15) is 10.1 Å². The van der Waals surface area contributed by atoms with E-state index in [0.717, 1.165) is 25.2 Å². The van der Waals surface area contributed by atoms with Gasteiger partial charge in [0, 0.05) is 43.8 Å². The predicted molar refractivity (Wildman–Crippen MR) is 96.8 cm³/mol. The molecule has 3 rings (SSSR count). The smallest absolute Gasteiger partial charge is 0.294 e. The minimum absolute atomic E-state index is 0.0441. The van der Waals surface area contributed by atoms with Gasteiger partial charge in [-0.15, -0.1) is 0 Å². The predicted octanol–water partition coefficient (Wildman–Crippen LogP) is 3.44. The molecule has 2 aromatic rings. The summed E-state index contributed by atoms with van der Waals surface area (Å²) in [6, 6.07) is 14.5. The Morgan fingerprint density at radius 1 is 1.16 bits per heavy atom. The number of halogens is 1. The molecule has 1 aliphatic heterocycles. The molecule has 128 valence electrons. The normalized spacial score (nSPS) is 15.0. The lowest BCUT2D eigenvalue weighted by Gasteiger charge is -2.35. The quantitative estimate of drug-likeness (QED) is 0.619. The first-order valence-electron chi connectivity index (χ1n) is 7.97. The number of nitriles is 1. The van der Waals surface area contributed by atoms with Gasteiger partial charge in [-0.2, -0.15) is 5.26 Å². The average molecular weight is 357 g/mol. The van der Waals surface area contributed by atoms with Crippen LogP contribution in [-0.2, 0) is 6.54 Å². The lowest BCUT2D eigenvalue weighted by atomic mass is 10.1. The van der Waals surface area contributed by atoms with E-state index in [-0.39, 0.29) is 10.6 Å². The largest absolute Gasteiger partial charge is 0.363 e. The molecule has 0 bridgehead atoms. The van der Waals surface area contributed by atoms with E-state index in [1.54, 1.807) is 18.2 Å². The molecule has 0 unspecified atom stereocenters. The number of nitro groups is 1. The Morgan fingerprint density at radius 2 is 1.92 bits per heavy atom. The molecular formula is C18H17ClN4O2. The fourth-order valence-corrected chi connectivity index (χ4v) is 3.22. The minimum Gasteiger partial charge on any atom is -0.363 e. The lowest BCUT2D eigenvalue weighted by molar-refractivity contribution is -0.384. The maximum atomic E-state index is 11.3. The molecule has 0 N–H and O–H groups in total. The molecule has 2 aromatic carbocycles. The SMILES string of the molecule is N#Cc1cccc(CN2CCN(c3ccc(Cl)cc3[N+](=O)[O-])CC2)c1. The van der Waals surface area contributed by atoms with Crippen LogP contribution in [0.4, 0.5) is 11.4 Å². The van der Waals surface area contributed by atoms with Crippen molar-refractivity contribution >= 4 is 23.0 Å². The van der Waals surface area contributed by atoms with Crippen LogP contribution in [0.2, 0.25) is 5.02 Å². The van der Waals surface area contributed by atoms with Crippen LogP contribution in [0.15, 0.2) is 42.5 Å². The van der Waals surface area contributed by atoms with E-state index in [1.807, 2.05) is 23.1 Å². The highest BCUT2D eigenvalue weighted by Gasteiger charge is 2.24. The molecular weight excluding hydrogens is 340 g/mol. The van der Waals surface area contributed by atoms with Crippen molar-refractivity contribution in [3.05, 3.63) is 68.7 Å². The number of hydrogen-bond donors (Lipinski definition) is 0. The molecule has 1 aliphatic rings. The molecule has 0 spiro atoms. The zero-order chi connectivity index (χ0) is 17.8. The van der Waals surface area contributed by atoms with Crippen LogP contribution in [0.5, 0.6) is 0 Å². The summed E-state index contributed by atoms with van der Waals surface area (Å²) in [6.07, 6.45) is 0. The zero-order valence-electron chi connectivity index (χ0n) is 13.6. The van der Waals surface area contributed by atoms with Crippen molar-refractivity contribution in [2.45, 2.75) is 6.54 Å². The Morgan fingerprint density at radius 3 is 2.60 bits per heavy atom. The van der Waals surface area contributed by atoms with Crippen LogP contribution in [0.3, 0.4) is 0 Å². The molecule has 0 amide bonds.